The highest BCUT2D eigenvalue weighted by molar-refractivity contribution is 6.36. The van der Waals surface area contributed by atoms with Crippen molar-refractivity contribution in [2.45, 2.75) is 12.5 Å². The van der Waals surface area contributed by atoms with Gasteiger partial charge in [-0.15, -0.1) is 0 Å². The monoisotopic (exact) mass is 286 g/mol. The van der Waals surface area contributed by atoms with Crippen LogP contribution in [0.4, 0.5) is 10.1 Å². The molecule has 0 spiro atoms. The lowest BCUT2D eigenvalue weighted by Crippen LogP contribution is -2.29. The number of benzene rings is 1. The van der Waals surface area contributed by atoms with Gasteiger partial charge in [-0.05, 0) is 18.2 Å². The number of hydrogen-bond acceptors (Lipinski definition) is 4. The van der Waals surface area contributed by atoms with E-state index in [-0.39, 0.29) is 22.8 Å². The maximum Gasteiger partial charge on any atom is 0.353 e. The fourth-order valence-electron chi connectivity index (χ4n) is 1.45. The molecule has 0 radical (unpaired) electrons. The normalized spacial score (nSPS) is 17.6. The predicted molar refractivity (Wildman–Crippen MR) is 64.6 cm³/mol. The Hall–Kier alpha value is -2.15. The summed E-state index contributed by atoms with van der Waals surface area (Å²) in [7, 11) is 0. The van der Waals surface area contributed by atoms with Gasteiger partial charge in [0, 0.05) is 11.4 Å². The Kier molecular flexibility index (Phi) is 3.66. The van der Waals surface area contributed by atoms with Crippen LogP contribution in [0.1, 0.15) is 6.42 Å². The lowest BCUT2D eigenvalue weighted by molar-refractivity contribution is -0.129. The molecule has 0 saturated heterocycles. The average Bonchev–Trinajstić information content (AvgIpc) is 2.83. The fourth-order valence-corrected chi connectivity index (χ4v) is 1.62. The third-order valence-electron chi connectivity index (χ3n) is 2.39. The van der Waals surface area contributed by atoms with Crippen LogP contribution in [0, 0.1) is 5.82 Å². The Morgan fingerprint density at radius 1 is 1.53 bits per heavy atom. The minimum absolute atomic E-state index is 0.107. The van der Waals surface area contributed by atoms with Gasteiger partial charge < -0.3 is 15.3 Å². The molecule has 1 atom stereocenters. The second kappa shape index (κ2) is 5.23. The molecule has 8 heteroatoms. The zero-order valence-corrected chi connectivity index (χ0v) is 10.1. The van der Waals surface area contributed by atoms with Crippen LogP contribution in [0.25, 0.3) is 0 Å². The molecule has 6 nitrogen and oxygen atoms in total. The molecule has 1 aliphatic rings. The number of carboxylic acid groups (broad SMARTS) is 1. The first kappa shape index (κ1) is 13.3. The van der Waals surface area contributed by atoms with Gasteiger partial charge in [0.25, 0.3) is 5.91 Å². The molecule has 0 bridgehead atoms. The van der Waals surface area contributed by atoms with E-state index in [0.29, 0.717) is 0 Å². The topological polar surface area (TPSA) is 88.0 Å². The Labute approximate surface area is 111 Å². The summed E-state index contributed by atoms with van der Waals surface area (Å²) in [6.07, 6.45) is -1.27. The number of oxime groups is 1. The van der Waals surface area contributed by atoms with Crippen LogP contribution in [-0.4, -0.2) is 28.8 Å². The molecule has 1 aromatic rings. The van der Waals surface area contributed by atoms with E-state index in [1.54, 1.807) is 0 Å². The van der Waals surface area contributed by atoms with Crippen molar-refractivity contribution in [3.05, 3.63) is 29.0 Å². The lowest BCUT2D eigenvalue weighted by Gasteiger charge is -2.10. The minimum atomic E-state index is -1.26. The highest BCUT2D eigenvalue weighted by Crippen LogP contribution is 2.21. The zero-order chi connectivity index (χ0) is 14.0. The van der Waals surface area contributed by atoms with Crippen molar-refractivity contribution in [1.82, 2.24) is 0 Å². The summed E-state index contributed by atoms with van der Waals surface area (Å²) in [5.74, 6) is -2.61. The van der Waals surface area contributed by atoms with Crippen molar-refractivity contribution in [3.8, 4) is 0 Å². The third kappa shape index (κ3) is 3.00. The summed E-state index contributed by atoms with van der Waals surface area (Å²) in [6.45, 7) is 0. The highest BCUT2D eigenvalue weighted by atomic mass is 35.5. The van der Waals surface area contributed by atoms with Gasteiger partial charge >= 0.3 is 5.97 Å². The van der Waals surface area contributed by atoms with Crippen LogP contribution in [0.2, 0.25) is 5.02 Å². The number of halogens is 2. The van der Waals surface area contributed by atoms with Gasteiger partial charge in [-0.3, -0.25) is 4.79 Å². The maximum absolute atomic E-state index is 13.4. The number of carboxylic acids is 1. The molecule has 2 N–H and O–H groups in total. The van der Waals surface area contributed by atoms with E-state index < -0.39 is 23.8 Å². The number of amides is 1. The number of hydrogen-bond donors (Lipinski definition) is 2. The molecule has 19 heavy (non-hydrogen) atoms. The van der Waals surface area contributed by atoms with Gasteiger partial charge in [-0.1, -0.05) is 16.8 Å². The summed E-state index contributed by atoms with van der Waals surface area (Å²) in [4.78, 5) is 27.0. The molecular weight excluding hydrogens is 279 g/mol. The van der Waals surface area contributed by atoms with Crippen molar-refractivity contribution in [1.29, 1.82) is 0 Å². The molecule has 0 aliphatic carbocycles. The number of nitrogens with zero attached hydrogens (tertiary/aromatic N) is 1. The molecule has 1 aromatic carbocycles. The summed E-state index contributed by atoms with van der Waals surface area (Å²) in [5.41, 5.74) is -0.364. The van der Waals surface area contributed by atoms with Gasteiger partial charge in [-0.2, -0.15) is 0 Å². The number of nitrogens with one attached hydrogen (secondary N) is 1. The van der Waals surface area contributed by atoms with Crippen LogP contribution >= 0.6 is 11.6 Å². The summed E-state index contributed by atoms with van der Waals surface area (Å²) >= 11 is 5.68. The second-order valence-electron chi connectivity index (χ2n) is 3.75. The Bertz CT molecular complexity index is 576. The smallest absolute Gasteiger partial charge is 0.353 e. The van der Waals surface area contributed by atoms with Crippen LogP contribution in [0.5, 0.6) is 0 Å². The molecule has 1 heterocycles. The number of carbonyl (C=O) groups is 2. The zero-order valence-electron chi connectivity index (χ0n) is 9.39. The molecule has 1 unspecified atom stereocenters. The largest absolute Gasteiger partial charge is 0.477 e. The van der Waals surface area contributed by atoms with Gasteiger partial charge in [0.15, 0.2) is 5.71 Å². The molecule has 100 valence electrons. The Morgan fingerprint density at radius 2 is 2.26 bits per heavy atom. The van der Waals surface area contributed by atoms with Crippen molar-refractivity contribution in [3.63, 3.8) is 0 Å². The van der Waals surface area contributed by atoms with E-state index in [4.69, 9.17) is 16.7 Å². The first-order valence-corrected chi connectivity index (χ1v) is 5.57. The number of aliphatic carboxylic acids is 1. The van der Waals surface area contributed by atoms with E-state index in [2.05, 4.69) is 15.3 Å². The van der Waals surface area contributed by atoms with Gasteiger partial charge in [-0.25, -0.2) is 9.18 Å². The molecule has 0 fully saturated rings. The van der Waals surface area contributed by atoms with Gasteiger partial charge in [0.2, 0.25) is 6.10 Å². The summed E-state index contributed by atoms with van der Waals surface area (Å²) in [5, 5.41) is 14.4. The Balaban J connectivity index is 2.03. The molecule has 0 aromatic heterocycles. The number of carbonyl (C=O) groups excluding carboxylic acids is 1. The average molecular weight is 287 g/mol. The van der Waals surface area contributed by atoms with Crippen LogP contribution < -0.4 is 5.32 Å². The van der Waals surface area contributed by atoms with Crippen LogP contribution in [0.3, 0.4) is 0 Å². The second-order valence-corrected chi connectivity index (χ2v) is 4.19. The SMILES string of the molecule is O=C(O)C1=NOC(C(=O)Nc2cc(Cl)ccc2F)C1. The van der Waals surface area contributed by atoms with Crippen molar-refractivity contribution >= 4 is 34.9 Å². The van der Waals surface area contributed by atoms with Crippen molar-refractivity contribution in [2.75, 3.05) is 5.32 Å². The lowest BCUT2D eigenvalue weighted by atomic mass is 10.1. The van der Waals surface area contributed by atoms with Crippen LogP contribution in [-0.2, 0) is 14.4 Å². The standard InChI is InChI=1S/C11H8ClFN2O4/c12-5-1-2-6(13)7(3-5)14-10(16)9-4-8(11(17)18)15-19-9/h1-3,9H,4H2,(H,14,16)(H,17,18). The Morgan fingerprint density at radius 3 is 2.89 bits per heavy atom. The molecule has 0 saturated carbocycles. The first-order chi connectivity index (χ1) is 8.97. The summed E-state index contributed by atoms with van der Waals surface area (Å²) in [6, 6.07) is 3.68. The molecule has 1 amide bonds. The van der Waals surface area contributed by atoms with E-state index in [0.717, 1.165) is 6.07 Å². The molecular formula is C11H8ClFN2O4. The summed E-state index contributed by atoms with van der Waals surface area (Å²) < 4.78 is 13.4. The highest BCUT2D eigenvalue weighted by Gasteiger charge is 2.31. The molecule has 2 rings (SSSR count). The minimum Gasteiger partial charge on any atom is -0.477 e. The number of rotatable bonds is 3. The van der Waals surface area contributed by atoms with E-state index in [9.17, 15) is 14.0 Å². The maximum atomic E-state index is 13.4. The van der Waals surface area contributed by atoms with E-state index >= 15 is 0 Å². The fraction of sp³-hybridized carbons (Fsp3) is 0.182. The van der Waals surface area contributed by atoms with Crippen molar-refractivity contribution in [2.24, 2.45) is 5.16 Å². The van der Waals surface area contributed by atoms with Crippen LogP contribution in [0.15, 0.2) is 23.4 Å². The predicted octanol–water partition coefficient (Wildman–Crippen LogP) is 1.65. The van der Waals surface area contributed by atoms with E-state index in [1.165, 1.54) is 12.1 Å². The van der Waals surface area contributed by atoms with E-state index in [1.807, 2.05) is 0 Å². The van der Waals surface area contributed by atoms with Gasteiger partial charge in [0.1, 0.15) is 5.82 Å². The van der Waals surface area contributed by atoms with Crippen molar-refractivity contribution < 1.29 is 23.9 Å². The third-order valence-corrected chi connectivity index (χ3v) is 2.63. The first-order valence-electron chi connectivity index (χ1n) is 5.19. The molecule has 1 aliphatic heterocycles. The number of anilines is 1. The van der Waals surface area contributed by atoms with Gasteiger partial charge in [0.05, 0.1) is 5.69 Å². The quantitative estimate of drug-likeness (QED) is 0.884.